The van der Waals surface area contributed by atoms with E-state index in [4.69, 9.17) is 9.72 Å². The minimum atomic E-state index is -3.90. The standard InChI is InChI=1S/C32H36N4O4SSi/c1-22-6-9-26(10-7-22)41(38,39)36-13-12-27-28(23(2)16-25(20-37)32(27)36)18-31-34-29-11-8-24(19-33)17-30(29)35(31)21-40-14-15-42(3,4)5/h6-13,16-17,37H,14-15,18,20-21H2,1-5H3. The van der Waals surface area contributed by atoms with Gasteiger partial charge in [0, 0.05) is 38.2 Å². The molecule has 3 aromatic carbocycles. The second-order valence-electron chi connectivity index (χ2n) is 12.0. The summed E-state index contributed by atoms with van der Waals surface area (Å²) in [7, 11) is -5.17. The van der Waals surface area contributed by atoms with Crippen molar-refractivity contribution >= 4 is 40.0 Å². The van der Waals surface area contributed by atoms with Crippen molar-refractivity contribution in [2.45, 2.75) is 64.2 Å². The summed E-state index contributed by atoms with van der Waals surface area (Å²) >= 11 is 0. The van der Waals surface area contributed by atoms with Crippen LogP contribution in [-0.4, -0.2) is 41.7 Å². The molecule has 0 aliphatic rings. The van der Waals surface area contributed by atoms with Crippen LogP contribution >= 0.6 is 0 Å². The smallest absolute Gasteiger partial charge is 0.268 e. The highest BCUT2D eigenvalue weighted by Crippen LogP contribution is 2.32. The monoisotopic (exact) mass is 600 g/mol. The van der Waals surface area contributed by atoms with Crippen LogP contribution in [0, 0.1) is 25.2 Å². The van der Waals surface area contributed by atoms with Crippen molar-refractivity contribution in [3.05, 3.63) is 94.4 Å². The normalized spacial score (nSPS) is 12.3. The molecule has 2 aromatic heterocycles. The number of nitrogens with zero attached hydrogens (tertiary/aromatic N) is 4. The lowest BCUT2D eigenvalue weighted by atomic mass is 9.97. The van der Waals surface area contributed by atoms with E-state index in [1.807, 2.05) is 36.6 Å². The molecule has 8 nitrogen and oxygen atoms in total. The third-order valence-corrected chi connectivity index (χ3v) is 11.0. The third kappa shape index (κ3) is 5.78. The van der Waals surface area contributed by atoms with Crippen LogP contribution in [0.25, 0.3) is 21.9 Å². The van der Waals surface area contributed by atoms with Gasteiger partial charge in [0.05, 0.1) is 39.7 Å². The minimum absolute atomic E-state index is 0.183. The van der Waals surface area contributed by atoms with Gasteiger partial charge in [0.2, 0.25) is 0 Å². The van der Waals surface area contributed by atoms with Crippen LogP contribution in [0.1, 0.15) is 33.6 Å². The molecule has 0 aliphatic heterocycles. The number of rotatable bonds is 10. The van der Waals surface area contributed by atoms with E-state index in [0.717, 1.165) is 45.0 Å². The maximum atomic E-state index is 13.7. The van der Waals surface area contributed by atoms with Crippen LogP contribution in [0.5, 0.6) is 0 Å². The molecule has 5 rings (SSSR count). The molecule has 42 heavy (non-hydrogen) atoms. The summed E-state index contributed by atoms with van der Waals surface area (Å²) in [4.78, 5) is 5.10. The Morgan fingerprint density at radius 1 is 1.05 bits per heavy atom. The highest BCUT2D eigenvalue weighted by Gasteiger charge is 2.24. The summed E-state index contributed by atoms with van der Waals surface area (Å²) in [5.74, 6) is 0.753. The van der Waals surface area contributed by atoms with E-state index in [1.165, 1.54) is 3.97 Å². The average molecular weight is 601 g/mol. The second-order valence-corrected chi connectivity index (χ2v) is 19.4. The van der Waals surface area contributed by atoms with Gasteiger partial charge in [-0.2, -0.15) is 5.26 Å². The fourth-order valence-electron chi connectivity index (χ4n) is 5.19. The predicted molar refractivity (Wildman–Crippen MR) is 168 cm³/mol. The Labute approximate surface area is 247 Å². The first-order valence-corrected chi connectivity index (χ1v) is 19.1. The van der Waals surface area contributed by atoms with Gasteiger partial charge in [-0.3, -0.25) is 0 Å². The van der Waals surface area contributed by atoms with Gasteiger partial charge in [-0.15, -0.1) is 0 Å². The van der Waals surface area contributed by atoms with Crippen molar-refractivity contribution in [3.63, 3.8) is 0 Å². The van der Waals surface area contributed by atoms with Crippen molar-refractivity contribution in [2.24, 2.45) is 0 Å². The summed E-state index contributed by atoms with van der Waals surface area (Å²) in [6.07, 6.45) is 1.97. The van der Waals surface area contributed by atoms with Gasteiger partial charge >= 0.3 is 0 Å². The van der Waals surface area contributed by atoms with Crippen molar-refractivity contribution in [1.82, 2.24) is 13.5 Å². The first kappa shape index (κ1) is 29.7. The van der Waals surface area contributed by atoms with E-state index in [-0.39, 0.29) is 11.5 Å². The Morgan fingerprint density at radius 3 is 2.45 bits per heavy atom. The van der Waals surface area contributed by atoms with Crippen LogP contribution in [0.2, 0.25) is 25.7 Å². The van der Waals surface area contributed by atoms with E-state index >= 15 is 0 Å². The number of imidazole rings is 1. The Morgan fingerprint density at radius 2 is 1.79 bits per heavy atom. The Bertz CT molecular complexity index is 1930. The number of aromatic nitrogens is 3. The summed E-state index contributed by atoms with van der Waals surface area (Å²) in [5.41, 5.74) is 5.92. The second kappa shape index (κ2) is 11.5. The number of aryl methyl sites for hydroxylation is 2. The van der Waals surface area contributed by atoms with Crippen LogP contribution in [0.3, 0.4) is 0 Å². The number of benzene rings is 3. The summed E-state index contributed by atoms with van der Waals surface area (Å²) in [6, 6.07) is 19.1. The average Bonchev–Trinajstić information content (AvgIpc) is 3.54. The number of hydrogen-bond acceptors (Lipinski definition) is 6. The predicted octanol–water partition coefficient (Wildman–Crippen LogP) is 6.11. The van der Waals surface area contributed by atoms with E-state index < -0.39 is 18.1 Å². The van der Waals surface area contributed by atoms with Crippen LogP contribution in [-0.2, 0) is 34.5 Å². The lowest BCUT2D eigenvalue weighted by molar-refractivity contribution is 0.0881. The van der Waals surface area contributed by atoms with Crippen molar-refractivity contribution in [2.75, 3.05) is 6.61 Å². The molecular formula is C32H36N4O4SSi. The molecule has 5 aromatic rings. The molecule has 0 atom stereocenters. The fraction of sp³-hybridized carbons (Fsp3) is 0.312. The van der Waals surface area contributed by atoms with E-state index in [1.54, 1.807) is 42.6 Å². The van der Waals surface area contributed by atoms with Gasteiger partial charge < -0.3 is 14.4 Å². The molecule has 0 unspecified atom stereocenters. The lowest BCUT2D eigenvalue weighted by Gasteiger charge is -2.17. The molecule has 0 saturated heterocycles. The van der Waals surface area contributed by atoms with E-state index in [2.05, 4.69) is 25.7 Å². The number of ether oxygens (including phenoxy) is 1. The van der Waals surface area contributed by atoms with Crippen LogP contribution in [0.4, 0.5) is 0 Å². The quantitative estimate of drug-likeness (QED) is 0.153. The first-order chi connectivity index (χ1) is 19.9. The SMILES string of the molecule is Cc1ccc(S(=O)(=O)n2ccc3c(Cc4nc5ccc(C#N)cc5n4COCC[Si](C)(C)C)c(C)cc(CO)c32)cc1. The molecule has 0 aliphatic carbocycles. The third-order valence-electron chi connectivity index (χ3n) is 7.60. The molecule has 10 heteroatoms. The van der Waals surface area contributed by atoms with Crippen molar-refractivity contribution in [3.8, 4) is 6.07 Å². The van der Waals surface area contributed by atoms with E-state index in [9.17, 15) is 18.8 Å². The van der Waals surface area contributed by atoms with Crippen LogP contribution in [0.15, 0.2) is 65.7 Å². The molecule has 0 saturated carbocycles. The van der Waals surface area contributed by atoms with Gasteiger partial charge in [0.15, 0.2) is 0 Å². The van der Waals surface area contributed by atoms with Crippen molar-refractivity contribution < 1.29 is 18.3 Å². The van der Waals surface area contributed by atoms with Crippen LogP contribution < -0.4 is 0 Å². The Kier molecular flexibility index (Phi) is 8.14. The number of aliphatic hydroxyl groups is 1. The zero-order valence-corrected chi connectivity index (χ0v) is 26.5. The van der Waals surface area contributed by atoms with Gasteiger partial charge in [0.1, 0.15) is 12.6 Å². The molecule has 0 bridgehead atoms. The zero-order valence-electron chi connectivity index (χ0n) is 24.7. The number of fused-ring (bicyclic) bond motifs is 2. The number of aliphatic hydroxyl groups excluding tert-OH is 1. The Balaban J connectivity index is 1.61. The zero-order chi connectivity index (χ0) is 30.2. The molecule has 0 radical (unpaired) electrons. The lowest BCUT2D eigenvalue weighted by Crippen LogP contribution is -2.22. The molecule has 2 heterocycles. The van der Waals surface area contributed by atoms with Gasteiger partial charge in [-0.05, 0) is 67.4 Å². The van der Waals surface area contributed by atoms with Crippen molar-refractivity contribution in [1.29, 1.82) is 5.26 Å². The molecular weight excluding hydrogens is 565 g/mol. The first-order valence-electron chi connectivity index (χ1n) is 14.0. The van der Waals surface area contributed by atoms with Gasteiger partial charge in [-0.1, -0.05) is 43.4 Å². The van der Waals surface area contributed by atoms with Gasteiger partial charge in [-0.25, -0.2) is 17.4 Å². The topological polar surface area (TPSA) is 110 Å². The van der Waals surface area contributed by atoms with Gasteiger partial charge in [0.25, 0.3) is 10.0 Å². The highest BCUT2D eigenvalue weighted by molar-refractivity contribution is 7.90. The fourth-order valence-corrected chi connectivity index (χ4v) is 7.34. The summed E-state index contributed by atoms with van der Waals surface area (Å²) in [5, 5.41) is 20.5. The molecule has 218 valence electrons. The minimum Gasteiger partial charge on any atom is -0.392 e. The molecule has 0 spiro atoms. The Hall–Kier alpha value is -3.75. The maximum absolute atomic E-state index is 13.7. The summed E-state index contributed by atoms with van der Waals surface area (Å²) in [6.45, 7) is 11.4. The largest absolute Gasteiger partial charge is 0.392 e. The highest BCUT2D eigenvalue weighted by atomic mass is 32.2. The molecule has 0 amide bonds. The van der Waals surface area contributed by atoms with E-state index in [0.29, 0.717) is 36.4 Å². The molecule has 1 N–H and O–H groups in total. The number of nitriles is 1. The number of hydrogen-bond donors (Lipinski definition) is 1. The molecule has 0 fully saturated rings. The maximum Gasteiger partial charge on any atom is 0.268 e. The summed E-state index contributed by atoms with van der Waals surface area (Å²) < 4.78 is 36.8.